The Morgan fingerprint density at radius 2 is 1.78 bits per heavy atom. The number of rotatable bonds is 5. The summed E-state index contributed by atoms with van der Waals surface area (Å²) in [5, 5.41) is 13.9. The topological polar surface area (TPSA) is 118 Å². The zero-order valence-electron chi connectivity index (χ0n) is 15.0. The molecular formula is C18H19N5O4. The Bertz CT molecular complexity index is 1030. The standard InChI is InChI=1S/C18H19N5O4/c1-3-22-15-13(16(24)23(4-2)18(22)26)14(20-17(25)21-15)11-5-7-12(8-6-11)27-10-9-19/h5-8,14H,3-4,10H2,1-2H3,(H2,20,21,25). The van der Waals surface area contributed by atoms with Crippen LogP contribution in [0.15, 0.2) is 33.9 Å². The number of hydrogen-bond acceptors (Lipinski definition) is 5. The minimum atomic E-state index is -0.706. The van der Waals surface area contributed by atoms with Crippen molar-refractivity contribution in [2.24, 2.45) is 0 Å². The molecule has 2 amide bonds. The van der Waals surface area contributed by atoms with Gasteiger partial charge in [0.1, 0.15) is 17.6 Å². The van der Waals surface area contributed by atoms with Crippen LogP contribution in [0.3, 0.4) is 0 Å². The molecule has 0 aliphatic carbocycles. The van der Waals surface area contributed by atoms with Crippen LogP contribution in [0.1, 0.15) is 31.0 Å². The summed E-state index contributed by atoms with van der Waals surface area (Å²) in [7, 11) is 0. The average molecular weight is 369 g/mol. The van der Waals surface area contributed by atoms with Gasteiger partial charge in [0.2, 0.25) is 0 Å². The molecule has 1 aromatic heterocycles. The van der Waals surface area contributed by atoms with Crippen molar-refractivity contribution in [3.63, 3.8) is 0 Å². The number of benzene rings is 1. The van der Waals surface area contributed by atoms with E-state index in [0.29, 0.717) is 23.4 Å². The number of ether oxygens (including phenoxy) is 1. The molecule has 0 saturated heterocycles. The monoisotopic (exact) mass is 369 g/mol. The normalized spacial score (nSPS) is 15.3. The van der Waals surface area contributed by atoms with Crippen LogP contribution in [0.4, 0.5) is 10.6 Å². The van der Waals surface area contributed by atoms with Gasteiger partial charge in [-0.25, -0.2) is 9.59 Å². The van der Waals surface area contributed by atoms with Crippen LogP contribution in [0.2, 0.25) is 0 Å². The number of anilines is 1. The molecule has 2 aromatic rings. The van der Waals surface area contributed by atoms with Gasteiger partial charge in [0.25, 0.3) is 5.56 Å². The van der Waals surface area contributed by atoms with Gasteiger partial charge in [-0.1, -0.05) is 12.1 Å². The first-order valence-corrected chi connectivity index (χ1v) is 8.56. The van der Waals surface area contributed by atoms with Crippen molar-refractivity contribution in [1.82, 2.24) is 14.5 Å². The van der Waals surface area contributed by atoms with Gasteiger partial charge in [-0.15, -0.1) is 0 Å². The van der Waals surface area contributed by atoms with E-state index in [1.807, 2.05) is 6.07 Å². The number of nitrogens with one attached hydrogen (secondary N) is 2. The van der Waals surface area contributed by atoms with E-state index in [2.05, 4.69) is 10.6 Å². The molecule has 0 saturated carbocycles. The van der Waals surface area contributed by atoms with Crippen molar-refractivity contribution < 1.29 is 9.53 Å². The minimum absolute atomic E-state index is 0.0732. The Labute approximate surface area is 154 Å². The zero-order valence-corrected chi connectivity index (χ0v) is 15.0. The van der Waals surface area contributed by atoms with Crippen molar-refractivity contribution in [1.29, 1.82) is 5.26 Å². The SMILES string of the molecule is CCn1c2c(c(=O)n(CC)c1=O)C(c1ccc(OCC#N)cc1)NC(=O)N2. The van der Waals surface area contributed by atoms with Gasteiger partial charge >= 0.3 is 11.7 Å². The number of aromatic nitrogens is 2. The second-order valence-electron chi connectivity index (χ2n) is 5.89. The van der Waals surface area contributed by atoms with Gasteiger partial charge in [0.05, 0.1) is 11.6 Å². The molecule has 0 radical (unpaired) electrons. The molecule has 27 heavy (non-hydrogen) atoms. The van der Waals surface area contributed by atoms with Crippen LogP contribution in [-0.2, 0) is 13.1 Å². The van der Waals surface area contributed by atoms with Gasteiger partial charge in [-0.3, -0.25) is 19.2 Å². The van der Waals surface area contributed by atoms with E-state index < -0.39 is 23.3 Å². The highest BCUT2D eigenvalue weighted by Gasteiger charge is 2.32. The summed E-state index contributed by atoms with van der Waals surface area (Å²) in [6, 6.07) is 7.44. The molecule has 2 heterocycles. The molecule has 0 bridgehead atoms. The molecule has 3 rings (SSSR count). The van der Waals surface area contributed by atoms with E-state index in [4.69, 9.17) is 10.00 Å². The highest BCUT2D eigenvalue weighted by molar-refractivity contribution is 5.92. The fourth-order valence-electron chi connectivity index (χ4n) is 3.16. The molecule has 140 valence electrons. The lowest BCUT2D eigenvalue weighted by molar-refractivity contribution is 0.248. The van der Waals surface area contributed by atoms with E-state index in [1.54, 1.807) is 38.1 Å². The Balaban J connectivity index is 2.16. The summed E-state index contributed by atoms with van der Waals surface area (Å²) >= 11 is 0. The van der Waals surface area contributed by atoms with E-state index in [0.717, 1.165) is 4.57 Å². The van der Waals surface area contributed by atoms with Crippen molar-refractivity contribution in [3.05, 3.63) is 56.2 Å². The van der Waals surface area contributed by atoms with Gasteiger partial charge < -0.3 is 10.1 Å². The van der Waals surface area contributed by atoms with E-state index in [9.17, 15) is 14.4 Å². The fraction of sp³-hybridized carbons (Fsp3) is 0.333. The molecule has 9 heteroatoms. The number of carbonyl (C=O) groups is 1. The first-order valence-electron chi connectivity index (χ1n) is 8.56. The largest absolute Gasteiger partial charge is 0.479 e. The van der Waals surface area contributed by atoms with Crippen LogP contribution < -0.4 is 26.6 Å². The Morgan fingerprint density at radius 3 is 2.37 bits per heavy atom. The second kappa shape index (κ2) is 7.37. The lowest BCUT2D eigenvalue weighted by Gasteiger charge is -2.29. The lowest BCUT2D eigenvalue weighted by Crippen LogP contribution is -2.50. The number of carbonyl (C=O) groups excluding carboxylic acids is 1. The highest BCUT2D eigenvalue weighted by Crippen LogP contribution is 2.29. The number of nitriles is 1. The zero-order chi connectivity index (χ0) is 19.6. The Hall–Kier alpha value is -3.54. The van der Waals surface area contributed by atoms with Crippen molar-refractivity contribution in [3.8, 4) is 11.8 Å². The third-order valence-corrected chi connectivity index (χ3v) is 4.41. The smallest absolute Gasteiger partial charge is 0.332 e. The third kappa shape index (κ3) is 3.17. The van der Waals surface area contributed by atoms with Gasteiger partial charge in [0.15, 0.2) is 6.61 Å². The number of fused-ring (bicyclic) bond motifs is 1. The van der Waals surface area contributed by atoms with E-state index in [-0.39, 0.29) is 19.0 Å². The first-order chi connectivity index (χ1) is 13.0. The van der Waals surface area contributed by atoms with E-state index >= 15 is 0 Å². The number of nitrogens with zero attached hydrogens (tertiary/aromatic N) is 3. The number of amides is 2. The average Bonchev–Trinajstić information content (AvgIpc) is 2.66. The Morgan fingerprint density at radius 1 is 1.11 bits per heavy atom. The molecule has 1 atom stereocenters. The quantitative estimate of drug-likeness (QED) is 0.820. The molecule has 1 aromatic carbocycles. The third-order valence-electron chi connectivity index (χ3n) is 4.41. The maximum Gasteiger partial charge on any atom is 0.332 e. The van der Waals surface area contributed by atoms with Crippen LogP contribution >= 0.6 is 0 Å². The predicted octanol–water partition coefficient (Wildman–Crippen LogP) is 1.18. The lowest BCUT2D eigenvalue weighted by atomic mass is 9.98. The summed E-state index contributed by atoms with van der Waals surface area (Å²) in [4.78, 5) is 37.6. The van der Waals surface area contributed by atoms with Crippen LogP contribution in [-0.4, -0.2) is 21.8 Å². The van der Waals surface area contributed by atoms with Crippen LogP contribution in [0, 0.1) is 11.3 Å². The van der Waals surface area contributed by atoms with E-state index in [1.165, 1.54) is 4.57 Å². The predicted molar refractivity (Wildman–Crippen MR) is 97.9 cm³/mol. The van der Waals surface area contributed by atoms with Crippen molar-refractivity contribution >= 4 is 11.8 Å². The molecule has 2 N–H and O–H groups in total. The summed E-state index contributed by atoms with van der Waals surface area (Å²) in [6.45, 7) is 3.97. The maximum absolute atomic E-state index is 12.9. The molecule has 0 spiro atoms. The van der Waals surface area contributed by atoms with Gasteiger partial charge in [-0.05, 0) is 31.5 Å². The molecule has 1 aliphatic rings. The highest BCUT2D eigenvalue weighted by atomic mass is 16.5. The molecular weight excluding hydrogens is 350 g/mol. The van der Waals surface area contributed by atoms with Gasteiger partial charge in [0, 0.05) is 13.1 Å². The molecule has 0 fully saturated rings. The first kappa shape index (κ1) is 18.3. The van der Waals surface area contributed by atoms with Crippen LogP contribution in [0.5, 0.6) is 5.75 Å². The maximum atomic E-state index is 12.9. The Kier molecular flexibility index (Phi) is 4.98. The summed E-state index contributed by atoms with van der Waals surface area (Å²) < 4.78 is 7.77. The second-order valence-corrected chi connectivity index (χ2v) is 5.89. The van der Waals surface area contributed by atoms with Crippen molar-refractivity contribution in [2.45, 2.75) is 33.0 Å². The molecule has 1 aliphatic heterocycles. The van der Waals surface area contributed by atoms with Crippen molar-refractivity contribution in [2.75, 3.05) is 11.9 Å². The minimum Gasteiger partial charge on any atom is -0.479 e. The fourth-order valence-corrected chi connectivity index (χ4v) is 3.16. The summed E-state index contributed by atoms with van der Waals surface area (Å²) in [5.41, 5.74) is 0.0783. The number of hydrogen-bond donors (Lipinski definition) is 2. The van der Waals surface area contributed by atoms with Crippen LogP contribution in [0.25, 0.3) is 0 Å². The summed E-state index contributed by atoms with van der Waals surface area (Å²) in [6.07, 6.45) is 0. The summed E-state index contributed by atoms with van der Waals surface area (Å²) in [5.74, 6) is 0.723. The molecule has 9 nitrogen and oxygen atoms in total. The number of urea groups is 1. The van der Waals surface area contributed by atoms with Gasteiger partial charge in [-0.2, -0.15) is 5.26 Å². The molecule has 1 unspecified atom stereocenters.